The molecule has 0 aliphatic heterocycles. The van der Waals surface area contributed by atoms with Gasteiger partial charge in [0.2, 0.25) is 5.89 Å². The molecule has 2 heterocycles. The molecule has 1 N–H and O–H groups in total. The summed E-state index contributed by atoms with van der Waals surface area (Å²) in [6.45, 7) is 2.44. The summed E-state index contributed by atoms with van der Waals surface area (Å²) in [5.74, 6) is 2.26. The Morgan fingerprint density at radius 3 is 2.83 bits per heavy atom. The molecular formula is C17H16N2O3S. The van der Waals surface area contributed by atoms with E-state index in [1.165, 1.54) is 6.21 Å². The summed E-state index contributed by atoms with van der Waals surface area (Å²) in [6.07, 6.45) is 2.05. The van der Waals surface area contributed by atoms with Gasteiger partial charge in [-0.2, -0.15) is 0 Å². The molecule has 0 unspecified atom stereocenters. The molecule has 0 spiro atoms. The number of ether oxygens (including phenoxy) is 1. The van der Waals surface area contributed by atoms with Crippen molar-refractivity contribution in [3.63, 3.8) is 0 Å². The lowest BCUT2D eigenvalue weighted by Crippen LogP contribution is -2.02. The topological polar surface area (TPSA) is 67.9 Å². The van der Waals surface area contributed by atoms with E-state index in [0.717, 1.165) is 27.6 Å². The molecule has 0 amide bonds. The van der Waals surface area contributed by atoms with E-state index in [1.54, 1.807) is 11.3 Å². The average molecular weight is 328 g/mol. The fourth-order valence-corrected chi connectivity index (χ4v) is 2.80. The monoisotopic (exact) mass is 328 g/mol. The highest BCUT2D eigenvalue weighted by molar-refractivity contribution is 7.13. The van der Waals surface area contributed by atoms with E-state index in [2.05, 4.69) is 10.1 Å². The van der Waals surface area contributed by atoms with E-state index in [1.807, 2.05) is 48.7 Å². The summed E-state index contributed by atoms with van der Waals surface area (Å²) >= 11 is 1.61. The van der Waals surface area contributed by atoms with Crippen LogP contribution in [0.5, 0.6) is 5.75 Å². The fraction of sp³-hybridized carbons (Fsp3) is 0.176. The van der Waals surface area contributed by atoms with Crippen molar-refractivity contribution in [1.29, 1.82) is 0 Å². The van der Waals surface area contributed by atoms with E-state index >= 15 is 0 Å². The van der Waals surface area contributed by atoms with Crippen LogP contribution in [-0.2, 0) is 6.42 Å². The fourth-order valence-electron chi connectivity index (χ4n) is 2.15. The van der Waals surface area contributed by atoms with Gasteiger partial charge in [-0.1, -0.05) is 11.2 Å². The maximum absolute atomic E-state index is 8.48. The first-order chi connectivity index (χ1) is 11.3. The van der Waals surface area contributed by atoms with Crippen LogP contribution in [0.3, 0.4) is 0 Å². The highest BCUT2D eigenvalue weighted by Gasteiger charge is 2.12. The van der Waals surface area contributed by atoms with Gasteiger partial charge in [-0.15, -0.1) is 11.3 Å². The number of aromatic nitrogens is 1. The van der Waals surface area contributed by atoms with Crippen molar-refractivity contribution in [2.75, 3.05) is 6.61 Å². The molecule has 0 bridgehead atoms. The average Bonchev–Trinajstić information content (AvgIpc) is 3.20. The highest BCUT2D eigenvalue weighted by Crippen LogP contribution is 2.26. The molecule has 2 aromatic heterocycles. The lowest BCUT2D eigenvalue weighted by atomic mass is 10.2. The zero-order valence-electron chi connectivity index (χ0n) is 12.6. The van der Waals surface area contributed by atoms with Gasteiger partial charge in [0.05, 0.1) is 23.4 Å². The van der Waals surface area contributed by atoms with Crippen molar-refractivity contribution >= 4 is 17.6 Å². The Balaban J connectivity index is 1.58. The molecule has 3 aromatic rings. The van der Waals surface area contributed by atoms with Crippen LogP contribution >= 0.6 is 11.3 Å². The number of rotatable bonds is 6. The predicted molar refractivity (Wildman–Crippen MR) is 89.6 cm³/mol. The molecule has 118 valence electrons. The third kappa shape index (κ3) is 3.78. The third-order valence-corrected chi connectivity index (χ3v) is 4.18. The summed E-state index contributed by atoms with van der Waals surface area (Å²) in [5, 5.41) is 13.5. The molecule has 0 saturated carbocycles. The lowest BCUT2D eigenvalue weighted by molar-refractivity contribution is 0.319. The molecule has 6 heteroatoms. The van der Waals surface area contributed by atoms with E-state index in [0.29, 0.717) is 18.9 Å². The van der Waals surface area contributed by atoms with E-state index < -0.39 is 0 Å². The van der Waals surface area contributed by atoms with Crippen molar-refractivity contribution in [1.82, 2.24) is 4.98 Å². The van der Waals surface area contributed by atoms with Crippen LogP contribution in [0.2, 0.25) is 0 Å². The van der Waals surface area contributed by atoms with Gasteiger partial charge in [-0.05, 0) is 48.2 Å². The van der Waals surface area contributed by atoms with Crippen LogP contribution < -0.4 is 4.74 Å². The molecule has 3 rings (SSSR count). The Morgan fingerprint density at radius 2 is 2.13 bits per heavy atom. The van der Waals surface area contributed by atoms with Gasteiger partial charge in [0, 0.05) is 6.42 Å². The number of oxime groups is 1. The molecule has 0 aliphatic carbocycles. The smallest absolute Gasteiger partial charge is 0.236 e. The highest BCUT2D eigenvalue weighted by atomic mass is 32.1. The van der Waals surface area contributed by atoms with Crippen LogP contribution in [-0.4, -0.2) is 23.0 Å². The molecule has 0 fully saturated rings. The van der Waals surface area contributed by atoms with E-state index in [9.17, 15) is 0 Å². The summed E-state index contributed by atoms with van der Waals surface area (Å²) in [6, 6.07) is 11.3. The summed E-state index contributed by atoms with van der Waals surface area (Å²) in [5.41, 5.74) is 1.73. The molecule has 23 heavy (non-hydrogen) atoms. The van der Waals surface area contributed by atoms with Crippen LogP contribution in [0.4, 0.5) is 0 Å². The van der Waals surface area contributed by atoms with Crippen molar-refractivity contribution < 1.29 is 14.4 Å². The second-order valence-electron chi connectivity index (χ2n) is 4.91. The van der Waals surface area contributed by atoms with Gasteiger partial charge in [-0.3, -0.25) is 0 Å². The molecule has 0 saturated heterocycles. The quantitative estimate of drug-likeness (QED) is 0.419. The Labute approximate surface area is 137 Å². The van der Waals surface area contributed by atoms with Crippen LogP contribution in [0, 0.1) is 6.92 Å². The predicted octanol–water partition coefficient (Wildman–Crippen LogP) is 4.14. The zero-order chi connectivity index (χ0) is 16.1. The minimum atomic E-state index is 0.519. The number of benzene rings is 1. The van der Waals surface area contributed by atoms with Crippen molar-refractivity contribution in [3.8, 4) is 16.5 Å². The number of thiophene rings is 1. The first-order valence-corrected chi connectivity index (χ1v) is 8.04. The zero-order valence-corrected chi connectivity index (χ0v) is 13.4. The van der Waals surface area contributed by atoms with Crippen LogP contribution in [0.1, 0.15) is 17.0 Å². The van der Waals surface area contributed by atoms with Crippen molar-refractivity contribution in [3.05, 3.63) is 58.8 Å². The van der Waals surface area contributed by atoms with Gasteiger partial charge in [0.15, 0.2) is 0 Å². The molecule has 1 aromatic carbocycles. The number of nitrogens with zero attached hydrogens (tertiary/aromatic N) is 2. The summed E-state index contributed by atoms with van der Waals surface area (Å²) < 4.78 is 11.4. The van der Waals surface area contributed by atoms with Gasteiger partial charge < -0.3 is 14.4 Å². The van der Waals surface area contributed by atoms with Crippen LogP contribution in [0.25, 0.3) is 10.8 Å². The van der Waals surface area contributed by atoms with Crippen molar-refractivity contribution in [2.45, 2.75) is 13.3 Å². The first kappa shape index (κ1) is 15.3. The molecule has 0 atom stereocenters. The van der Waals surface area contributed by atoms with Crippen LogP contribution in [0.15, 0.2) is 51.4 Å². The van der Waals surface area contributed by atoms with Crippen molar-refractivity contribution in [2.24, 2.45) is 5.16 Å². The SMILES string of the molecule is Cc1oc(-c2cccs2)nc1CCOc1ccc(/C=N/O)cc1. The molecule has 5 nitrogen and oxygen atoms in total. The standard InChI is InChI=1S/C17H16N2O3S/c1-12-15(19-17(22-12)16-3-2-10-23-16)8-9-21-14-6-4-13(5-7-14)11-18-20/h2-7,10-11,20H,8-9H2,1H3/b18-11+. The Kier molecular flexibility index (Phi) is 4.73. The second kappa shape index (κ2) is 7.11. The molecular weight excluding hydrogens is 312 g/mol. The maximum atomic E-state index is 8.48. The maximum Gasteiger partial charge on any atom is 0.236 e. The van der Waals surface area contributed by atoms with E-state index in [4.69, 9.17) is 14.4 Å². The second-order valence-corrected chi connectivity index (χ2v) is 5.86. The van der Waals surface area contributed by atoms with Gasteiger partial charge in [0.25, 0.3) is 0 Å². The van der Waals surface area contributed by atoms with E-state index in [-0.39, 0.29) is 0 Å². The number of hydrogen-bond acceptors (Lipinski definition) is 6. The normalized spacial score (nSPS) is 11.2. The molecule has 0 aliphatic rings. The third-order valence-electron chi connectivity index (χ3n) is 3.32. The first-order valence-electron chi connectivity index (χ1n) is 7.17. The van der Waals surface area contributed by atoms with Gasteiger partial charge in [-0.25, -0.2) is 4.98 Å². The number of hydrogen-bond donors (Lipinski definition) is 1. The summed E-state index contributed by atoms with van der Waals surface area (Å²) in [4.78, 5) is 5.57. The lowest BCUT2D eigenvalue weighted by Gasteiger charge is -2.05. The summed E-state index contributed by atoms with van der Waals surface area (Å²) in [7, 11) is 0. The Bertz CT molecular complexity index is 777. The Hall–Kier alpha value is -2.60. The van der Waals surface area contributed by atoms with Gasteiger partial charge >= 0.3 is 0 Å². The van der Waals surface area contributed by atoms with Gasteiger partial charge in [0.1, 0.15) is 11.5 Å². The number of oxazole rings is 1. The largest absolute Gasteiger partial charge is 0.493 e. The Morgan fingerprint density at radius 1 is 1.30 bits per heavy atom. The minimum Gasteiger partial charge on any atom is -0.493 e. The molecule has 0 radical (unpaired) electrons. The minimum absolute atomic E-state index is 0.519. The number of aryl methyl sites for hydroxylation is 1.